The van der Waals surface area contributed by atoms with E-state index in [1.54, 1.807) is 11.3 Å². The fourth-order valence-electron chi connectivity index (χ4n) is 2.18. The van der Waals surface area contributed by atoms with Crippen molar-refractivity contribution in [2.45, 2.75) is 20.3 Å². The van der Waals surface area contributed by atoms with Gasteiger partial charge in [-0.1, -0.05) is 40.3 Å². The molecule has 20 heavy (non-hydrogen) atoms. The standard InChI is InChI=1S/C16H15BrN2S/c1-3-11-9-12(17)5-7-13(11)18-16-19-14-6-4-10(2)8-15(14)20-16/h4-9H,3H2,1-2H3,(H,18,19). The van der Waals surface area contributed by atoms with Crippen LogP contribution in [0.15, 0.2) is 40.9 Å². The number of aromatic nitrogens is 1. The molecule has 0 radical (unpaired) electrons. The highest BCUT2D eigenvalue weighted by molar-refractivity contribution is 9.10. The van der Waals surface area contributed by atoms with Gasteiger partial charge >= 0.3 is 0 Å². The number of nitrogens with one attached hydrogen (secondary N) is 1. The number of nitrogens with zero attached hydrogens (tertiary/aromatic N) is 1. The lowest BCUT2D eigenvalue weighted by molar-refractivity contribution is 1.14. The Balaban J connectivity index is 1.96. The van der Waals surface area contributed by atoms with Crippen LogP contribution in [0.1, 0.15) is 18.1 Å². The van der Waals surface area contributed by atoms with Crippen molar-refractivity contribution < 1.29 is 0 Å². The molecule has 3 rings (SSSR count). The summed E-state index contributed by atoms with van der Waals surface area (Å²) < 4.78 is 2.34. The number of rotatable bonds is 3. The maximum absolute atomic E-state index is 4.64. The van der Waals surface area contributed by atoms with Crippen molar-refractivity contribution in [1.29, 1.82) is 0 Å². The molecule has 1 aromatic heterocycles. The quantitative estimate of drug-likeness (QED) is 0.660. The van der Waals surface area contributed by atoms with E-state index in [-0.39, 0.29) is 0 Å². The molecule has 0 fully saturated rings. The summed E-state index contributed by atoms with van der Waals surface area (Å²) in [6, 6.07) is 12.7. The molecule has 1 N–H and O–H groups in total. The lowest BCUT2D eigenvalue weighted by Gasteiger charge is -2.08. The molecular formula is C16H15BrN2S. The van der Waals surface area contributed by atoms with Gasteiger partial charge in [-0.3, -0.25) is 0 Å². The Kier molecular flexibility index (Phi) is 3.76. The molecule has 2 aromatic carbocycles. The third-order valence-electron chi connectivity index (χ3n) is 3.23. The van der Waals surface area contributed by atoms with Crippen molar-refractivity contribution in [1.82, 2.24) is 4.98 Å². The van der Waals surface area contributed by atoms with E-state index in [2.05, 4.69) is 76.5 Å². The van der Waals surface area contributed by atoms with E-state index in [1.807, 2.05) is 0 Å². The highest BCUT2D eigenvalue weighted by Gasteiger charge is 2.07. The molecule has 2 nitrogen and oxygen atoms in total. The van der Waals surface area contributed by atoms with Gasteiger partial charge in [0.05, 0.1) is 10.2 Å². The van der Waals surface area contributed by atoms with Gasteiger partial charge in [-0.2, -0.15) is 0 Å². The van der Waals surface area contributed by atoms with Gasteiger partial charge in [0.25, 0.3) is 0 Å². The Morgan fingerprint density at radius 3 is 2.85 bits per heavy atom. The van der Waals surface area contributed by atoms with Crippen LogP contribution in [0.5, 0.6) is 0 Å². The van der Waals surface area contributed by atoms with E-state index in [0.29, 0.717) is 0 Å². The van der Waals surface area contributed by atoms with Crippen LogP contribution < -0.4 is 5.32 Å². The average Bonchev–Trinajstić information content (AvgIpc) is 2.82. The van der Waals surface area contributed by atoms with Crippen molar-refractivity contribution in [3.8, 4) is 0 Å². The maximum atomic E-state index is 4.64. The summed E-state index contributed by atoms with van der Waals surface area (Å²) in [5, 5.41) is 4.39. The first kappa shape index (κ1) is 13.6. The predicted octanol–water partition coefficient (Wildman–Crippen LogP) is 5.67. The monoisotopic (exact) mass is 346 g/mol. The third kappa shape index (κ3) is 2.72. The van der Waals surface area contributed by atoms with Crippen molar-refractivity contribution >= 4 is 48.3 Å². The van der Waals surface area contributed by atoms with Gasteiger partial charge < -0.3 is 5.32 Å². The molecule has 0 spiro atoms. The maximum Gasteiger partial charge on any atom is 0.188 e. The fourth-order valence-corrected chi connectivity index (χ4v) is 3.56. The van der Waals surface area contributed by atoms with Crippen LogP contribution in [0.25, 0.3) is 10.2 Å². The molecule has 102 valence electrons. The van der Waals surface area contributed by atoms with E-state index < -0.39 is 0 Å². The number of anilines is 2. The van der Waals surface area contributed by atoms with Gasteiger partial charge in [0, 0.05) is 10.2 Å². The number of fused-ring (bicyclic) bond motifs is 1. The highest BCUT2D eigenvalue weighted by atomic mass is 79.9. The molecule has 3 aromatic rings. The first-order valence-electron chi connectivity index (χ1n) is 6.58. The zero-order valence-corrected chi connectivity index (χ0v) is 13.8. The smallest absolute Gasteiger partial charge is 0.188 e. The molecule has 1 heterocycles. The predicted molar refractivity (Wildman–Crippen MR) is 91.2 cm³/mol. The van der Waals surface area contributed by atoms with Crippen molar-refractivity contribution in [3.63, 3.8) is 0 Å². The molecule has 0 atom stereocenters. The van der Waals surface area contributed by atoms with E-state index in [0.717, 1.165) is 27.2 Å². The molecular weight excluding hydrogens is 332 g/mol. The lowest BCUT2D eigenvalue weighted by Crippen LogP contribution is -1.94. The minimum Gasteiger partial charge on any atom is -0.331 e. The average molecular weight is 347 g/mol. The van der Waals surface area contributed by atoms with Crippen LogP contribution >= 0.6 is 27.3 Å². The van der Waals surface area contributed by atoms with Gasteiger partial charge in [-0.25, -0.2) is 4.98 Å². The molecule has 0 bridgehead atoms. The number of thiazole rings is 1. The first-order valence-corrected chi connectivity index (χ1v) is 8.19. The second-order valence-electron chi connectivity index (χ2n) is 4.77. The van der Waals surface area contributed by atoms with Gasteiger partial charge in [-0.05, 0) is 54.8 Å². The van der Waals surface area contributed by atoms with Gasteiger partial charge in [-0.15, -0.1) is 0 Å². The lowest BCUT2D eigenvalue weighted by atomic mass is 10.1. The van der Waals surface area contributed by atoms with Gasteiger partial charge in [0.15, 0.2) is 5.13 Å². The topological polar surface area (TPSA) is 24.9 Å². The first-order chi connectivity index (χ1) is 9.65. The van der Waals surface area contributed by atoms with Crippen LogP contribution in [0.4, 0.5) is 10.8 Å². The van der Waals surface area contributed by atoms with Crippen LogP contribution in [0, 0.1) is 6.92 Å². The molecule has 0 aliphatic rings. The fraction of sp³-hybridized carbons (Fsp3) is 0.188. The minimum atomic E-state index is 0.947. The van der Waals surface area contributed by atoms with Crippen LogP contribution in [-0.4, -0.2) is 4.98 Å². The largest absolute Gasteiger partial charge is 0.331 e. The SMILES string of the molecule is CCc1cc(Br)ccc1Nc1nc2ccc(C)cc2s1. The Bertz CT molecular complexity index is 764. The van der Waals surface area contributed by atoms with E-state index in [9.17, 15) is 0 Å². The van der Waals surface area contributed by atoms with Crippen LogP contribution in [0.2, 0.25) is 0 Å². The molecule has 4 heteroatoms. The normalized spacial score (nSPS) is 10.9. The highest BCUT2D eigenvalue weighted by Crippen LogP contribution is 2.31. The number of hydrogen-bond acceptors (Lipinski definition) is 3. The number of hydrogen-bond donors (Lipinski definition) is 1. The summed E-state index contributed by atoms with van der Waals surface area (Å²) in [6.45, 7) is 4.27. The molecule has 0 unspecified atom stereocenters. The Morgan fingerprint density at radius 2 is 2.05 bits per heavy atom. The summed E-state index contributed by atoms with van der Waals surface area (Å²) in [6.07, 6.45) is 0.992. The van der Waals surface area contributed by atoms with Crippen LogP contribution in [0.3, 0.4) is 0 Å². The second-order valence-corrected chi connectivity index (χ2v) is 6.72. The summed E-state index contributed by atoms with van der Waals surface area (Å²) >= 11 is 5.21. The summed E-state index contributed by atoms with van der Waals surface area (Å²) in [4.78, 5) is 4.64. The second kappa shape index (κ2) is 5.54. The molecule has 0 saturated heterocycles. The summed E-state index contributed by atoms with van der Waals surface area (Å²) in [5.41, 5.74) is 4.74. The zero-order valence-electron chi connectivity index (χ0n) is 11.4. The Morgan fingerprint density at radius 1 is 1.20 bits per heavy atom. The molecule has 0 saturated carbocycles. The number of halogens is 1. The van der Waals surface area contributed by atoms with Crippen molar-refractivity contribution in [2.75, 3.05) is 5.32 Å². The van der Waals surface area contributed by atoms with E-state index in [1.165, 1.54) is 15.8 Å². The Hall–Kier alpha value is -1.39. The zero-order chi connectivity index (χ0) is 14.1. The van der Waals surface area contributed by atoms with Gasteiger partial charge in [0.1, 0.15) is 0 Å². The van der Waals surface area contributed by atoms with Crippen LogP contribution in [-0.2, 0) is 6.42 Å². The Labute approximate surface area is 131 Å². The van der Waals surface area contributed by atoms with Crippen molar-refractivity contribution in [2.24, 2.45) is 0 Å². The number of benzene rings is 2. The summed E-state index contributed by atoms with van der Waals surface area (Å²) in [5.74, 6) is 0. The minimum absolute atomic E-state index is 0.947. The van der Waals surface area contributed by atoms with Gasteiger partial charge in [0.2, 0.25) is 0 Å². The molecule has 0 amide bonds. The summed E-state index contributed by atoms with van der Waals surface area (Å²) in [7, 11) is 0. The molecule has 0 aliphatic heterocycles. The number of aryl methyl sites for hydroxylation is 2. The van der Waals surface area contributed by atoms with E-state index in [4.69, 9.17) is 0 Å². The third-order valence-corrected chi connectivity index (χ3v) is 4.66. The molecule has 0 aliphatic carbocycles. The van der Waals surface area contributed by atoms with Crippen molar-refractivity contribution in [3.05, 3.63) is 52.0 Å². The van der Waals surface area contributed by atoms with E-state index >= 15 is 0 Å².